The topological polar surface area (TPSA) is 195 Å². The van der Waals surface area contributed by atoms with Crippen molar-refractivity contribution in [3.05, 3.63) is 95.9 Å². The molecule has 3 saturated carbocycles. The molecule has 59 heavy (non-hydrogen) atoms. The summed E-state index contributed by atoms with van der Waals surface area (Å²) in [5, 5.41) is 28.1. The number of Topliss-reactive ketones (excluding diaryl/α,β-unsaturated/α-hetero) is 1. The summed E-state index contributed by atoms with van der Waals surface area (Å²) in [5.41, 5.74) is 0.600. The van der Waals surface area contributed by atoms with Crippen LogP contribution in [0.5, 0.6) is 0 Å². The Bertz CT molecular complexity index is 2230. The maximum Gasteiger partial charge on any atom is 0.306 e. The van der Waals surface area contributed by atoms with Crippen molar-refractivity contribution in [1.29, 1.82) is 0 Å². The normalized spacial score (nSPS) is 31.3. The van der Waals surface area contributed by atoms with Gasteiger partial charge in [0.05, 0.1) is 12.0 Å². The van der Waals surface area contributed by atoms with Gasteiger partial charge < -0.3 is 30.7 Å². The van der Waals surface area contributed by atoms with Crippen LogP contribution in [-0.4, -0.2) is 81.3 Å². The number of anilines is 1. The first-order chi connectivity index (χ1) is 28.0. The minimum absolute atomic E-state index is 0.0152. The Morgan fingerprint density at radius 1 is 1.02 bits per heavy atom. The summed E-state index contributed by atoms with van der Waals surface area (Å²) in [6.07, 6.45) is 2.94. The Labute approximate surface area is 340 Å². The lowest BCUT2D eigenvalue weighted by atomic mass is 9.44. The van der Waals surface area contributed by atoms with Crippen LogP contribution < -0.4 is 11.1 Å². The standard InChI is InChI=1S/C45H49F2N3O9/c1-42-15-12-31(51)19-35(42)36(46)20-34-33-13-16-44(57,43(33,2)21-37(52)45(34,42)47)38(53)25-59-40(55)5-3-4-39(54)58-24-26-6-8-27(9-7-26)32(22-48)41(56)50-30-11-10-29-23-49-17-14-28(29)18-30/h6-12,14-15,17-19,23,32-34,36-37,52,57H,3-5,13,16,20-22,24-25,48H2,1-2H3,(H,50,56)/t32-,33+,34+,36+,37+,42+,43+,44+,45+/m1/s1. The van der Waals surface area contributed by atoms with Crippen molar-refractivity contribution in [2.24, 2.45) is 28.4 Å². The molecule has 4 aliphatic carbocycles. The molecule has 2 aromatic carbocycles. The summed E-state index contributed by atoms with van der Waals surface area (Å²) in [4.78, 5) is 67.9. The Kier molecular flexibility index (Phi) is 11.5. The number of hydrogen-bond acceptors (Lipinski definition) is 11. The molecular weight excluding hydrogens is 765 g/mol. The van der Waals surface area contributed by atoms with Gasteiger partial charge in [0.2, 0.25) is 11.7 Å². The van der Waals surface area contributed by atoms with Crippen LogP contribution in [0.3, 0.4) is 0 Å². The first kappa shape index (κ1) is 42.0. The van der Waals surface area contributed by atoms with Gasteiger partial charge in [-0.25, -0.2) is 8.78 Å². The molecule has 0 unspecified atom stereocenters. The number of pyridine rings is 1. The summed E-state index contributed by atoms with van der Waals surface area (Å²) >= 11 is 0. The number of nitrogens with two attached hydrogens (primary N) is 1. The largest absolute Gasteiger partial charge is 0.461 e. The first-order valence-electron chi connectivity index (χ1n) is 20.0. The number of nitrogens with zero attached hydrogens (tertiary/aromatic N) is 1. The van der Waals surface area contributed by atoms with Crippen LogP contribution in [0.1, 0.15) is 75.8 Å². The van der Waals surface area contributed by atoms with Crippen molar-refractivity contribution in [3.63, 3.8) is 0 Å². The molecule has 1 aromatic heterocycles. The molecule has 5 N–H and O–H groups in total. The number of halogens is 2. The van der Waals surface area contributed by atoms with Crippen LogP contribution in [0.25, 0.3) is 10.8 Å². The third-order valence-corrected chi connectivity index (χ3v) is 13.6. The lowest BCUT2D eigenvalue weighted by Gasteiger charge is -2.63. The van der Waals surface area contributed by atoms with Crippen molar-refractivity contribution in [3.8, 4) is 0 Å². The Balaban J connectivity index is 0.860. The number of aliphatic hydroxyl groups excluding tert-OH is 1. The number of aromatic nitrogens is 1. The minimum atomic E-state index is -2.35. The van der Waals surface area contributed by atoms with E-state index in [0.717, 1.165) is 16.8 Å². The quantitative estimate of drug-likeness (QED) is 0.164. The smallest absolute Gasteiger partial charge is 0.306 e. The molecule has 0 radical (unpaired) electrons. The van der Waals surface area contributed by atoms with Crippen LogP contribution in [0.15, 0.2) is 84.7 Å². The van der Waals surface area contributed by atoms with E-state index >= 15 is 8.78 Å². The van der Waals surface area contributed by atoms with E-state index in [-0.39, 0.29) is 69.6 Å². The summed E-state index contributed by atoms with van der Waals surface area (Å²) < 4.78 is 43.5. The van der Waals surface area contributed by atoms with Gasteiger partial charge in [-0.05, 0) is 97.4 Å². The van der Waals surface area contributed by atoms with Crippen molar-refractivity contribution >= 4 is 45.9 Å². The fourth-order valence-corrected chi connectivity index (χ4v) is 10.2. The summed E-state index contributed by atoms with van der Waals surface area (Å²) in [5.74, 6) is -5.21. The van der Waals surface area contributed by atoms with Gasteiger partial charge in [-0.3, -0.25) is 29.0 Å². The van der Waals surface area contributed by atoms with Crippen molar-refractivity contribution in [1.82, 2.24) is 4.98 Å². The number of ether oxygens (including phenoxy) is 2. The zero-order valence-electron chi connectivity index (χ0n) is 33.0. The predicted octanol–water partition coefficient (Wildman–Crippen LogP) is 5.29. The second-order valence-electron chi connectivity index (χ2n) is 16.8. The molecule has 312 valence electrons. The number of fused-ring (bicyclic) bond motifs is 6. The van der Waals surface area contributed by atoms with Crippen molar-refractivity contribution in [2.45, 2.75) is 94.9 Å². The van der Waals surface area contributed by atoms with E-state index < -0.39 is 82.2 Å². The number of nitrogens with one attached hydrogen (secondary N) is 1. The second kappa shape index (κ2) is 16.1. The van der Waals surface area contributed by atoms with Gasteiger partial charge >= 0.3 is 11.9 Å². The monoisotopic (exact) mass is 813 g/mol. The maximum atomic E-state index is 17.3. The Morgan fingerprint density at radius 3 is 2.47 bits per heavy atom. The van der Waals surface area contributed by atoms with E-state index in [2.05, 4.69) is 10.3 Å². The number of carbonyl (C=O) groups is 5. The second-order valence-corrected chi connectivity index (χ2v) is 16.8. The molecule has 3 aromatic rings. The van der Waals surface area contributed by atoms with Gasteiger partial charge in [-0.15, -0.1) is 0 Å². The number of carbonyl (C=O) groups excluding carboxylic acids is 5. The average molecular weight is 814 g/mol. The predicted molar refractivity (Wildman–Crippen MR) is 212 cm³/mol. The molecule has 14 heteroatoms. The number of aliphatic hydroxyl groups is 2. The third kappa shape index (κ3) is 7.40. The molecule has 0 bridgehead atoms. The Morgan fingerprint density at radius 2 is 1.75 bits per heavy atom. The van der Waals surface area contributed by atoms with Gasteiger partial charge in [-0.1, -0.05) is 43.3 Å². The van der Waals surface area contributed by atoms with Gasteiger partial charge in [0, 0.05) is 59.6 Å². The van der Waals surface area contributed by atoms with Crippen LogP contribution >= 0.6 is 0 Å². The third-order valence-electron chi connectivity index (χ3n) is 13.6. The molecule has 3 fully saturated rings. The van der Waals surface area contributed by atoms with Crippen LogP contribution in [0.2, 0.25) is 0 Å². The Hall–Kier alpha value is -5.18. The number of alkyl halides is 2. The first-order valence-corrected chi connectivity index (χ1v) is 20.0. The number of allylic oxidation sites excluding steroid dienone is 4. The number of ketones is 2. The zero-order chi connectivity index (χ0) is 42.3. The fraction of sp³-hybridized carbons (Fsp3) is 0.467. The highest BCUT2D eigenvalue weighted by Crippen LogP contribution is 2.70. The number of benzene rings is 2. The zero-order valence-corrected chi connectivity index (χ0v) is 33.0. The molecule has 1 heterocycles. The van der Waals surface area contributed by atoms with Crippen LogP contribution in [-0.2, 0) is 40.1 Å². The average Bonchev–Trinajstić information content (AvgIpc) is 3.48. The fourth-order valence-electron chi connectivity index (χ4n) is 10.2. The summed E-state index contributed by atoms with van der Waals surface area (Å²) in [6.45, 7) is 2.34. The highest BCUT2D eigenvalue weighted by atomic mass is 19.1. The maximum absolute atomic E-state index is 17.3. The highest BCUT2D eigenvalue weighted by molar-refractivity contribution is 6.01. The number of esters is 2. The van der Waals surface area contributed by atoms with Gasteiger partial charge in [0.25, 0.3) is 0 Å². The van der Waals surface area contributed by atoms with E-state index in [0.29, 0.717) is 16.8 Å². The van der Waals surface area contributed by atoms with E-state index in [1.54, 1.807) is 49.6 Å². The molecule has 12 nitrogen and oxygen atoms in total. The molecule has 0 aliphatic heterocycles. The van der Waals surface area contributed by atoms with E-state index in [9.17, 15) is 34.2 Å². The molecule has 0 spiro atoms. The van der Waals surface area contributed by atoms with Gasteiger partial charge in [0.15, 0.2) is 18.1 Å². The molecule has 1 amide bonds. The summed E-state index contributed by atoms with van der Waals surface area (Å²) in [6, 6.07) is 14.3. The van der Waals surface area contributed by atoms with Crippen molar-refractivity contribution in [2.75, 3.05) is 18.5 Å². The number of rotatable bonds is 13. The summed E-state index contributed by atoms with van der Waals surface area (Å²) in [7, 11) is 0. The molecular formula is C45H49F2N3O9. The molecule has 7 rings (SSSR count). The van der Waals surface area contributed by atoms with E-state index in [1.165, 1.54) is 19.1 Å². The number of amides is 1. The van der Waals surface area contributed by atoms with Gasteiger partial charge in [-0.2, -0.15) is 0 Å². The van der Waals surface area contributed by atoms with Crippen LogP contribution in [0, 0.1) is 22.7 Å². The van der Waals surface area contributed by atoms with Crippen LogP contribution in [0.4, 0.5) is 14.5 Å². The minimum Gasteiger partial charge on any atom is -0.461 e. The highest BCUT2D eigenvalue weighted by Gasteiger charge is 2.75. The molecule has 0 saturated heterocycles. The lowest BCUT2D eigenvalue weighted by molar-refractivity contribution is -0.222. The SMILES string of the molecule is C[C@]12C=CC(=O)C=C1[C@@H](F)C[C@H]1[C@@H]3CC[C@](O)(C(=O)COC(=O)CCCC(=O)OCc4ccc([C@@H](CN)C(=O)Nc5ccc6cnccc6c5)cc4)[C@@]3(C)C[C@H](O)[C@@]12F. The van der Waals surface area contributed by atoms with E-state index in [4.69, 9.17) is 15.2 Å². The lowest BCUT2D eigenvalue weighted by Crippen LogP contribution is -2.70. The number of hydrogen-bond donors (Lipinski definition) is 4. The van der Waals surface area contributed by atoms with Gasteiger partial charge in [0.1, 0.15) is 18.4 Å². The van der Waals surface area contributed by atoms with Crippen molar-refractivity contribution < 1.29 is 52.4 Å². The van der Waals surface area contributed by atoms with E-state index in [1.807, 2.05) is 18.2 Å². The molecule has 4 aliphatic rings. The molecule has 9 atom stereocenters.